The Hall–Kier alpha value is -0.840. The fraction of sp³-hybridized carbons (Fsp3) is 0.750. The van der Waals surface area contributed by atoms with Gasteiger partial charge in [-0.05, 0) is 32.4 Å². The van der Waals surface area contributed by atoms with Crippen LogP contribution in [0.5, 0.6) is 0 Å². The zero-order valence-corrected chi connectivity index (χ0v) is 12.8. The highest BCUT2D eigenvalue weighted by Gasteiger charge is 2.21. The molecule has 0 spiro atoms. The predicted molar refractivity (Wildman–Crippen MR) is 80.7 cm³/mol. The Bertz CT molecular complexity index is 431. The maximum Gasteiger partial charge on any atom is 0.118 e. The fourth-order valence-corrected chi connectivity index (χ4v) is 2.87. The molecule has 0 amide bonds. The summed E-state index contributed by atoms with van der Waals surface area (Å²) in [4.78, 5) is 5.06. The lowest BCUT2D eigenvalue weighted by Gasteiger charge is -2.33. The third-order valence-electron chi connectivity index (χ3n) is 4.52. The lowest BCUT2D eigenvalue weighted by molar-refractivity contribution is 0.131. The van der Waals surface area contributed by atoms with Gasteiger partial charge >= 0.3 is 0 Å². The first-order valence-corrected chi connectivity index (χ1v) is 8.01. The van der Waals surface area contributed by atoms with Crippen LogP contribution in [0.4, 0.5) is 0 Å². The Morgan fingerprint density at radius 2 is 1.90 bits per heavy atom. The minimum absolute atomic E-state index is 0.742. The second kappa shape index (κ2) is 6.29. The summed E-state index contributed by atoms with van der Waals surface area (Å²) < 4.78 is 5.88. The molecule has 1 aromatic rings. The number of likely N-dealkylation sites (N-methyl/N-ethyl adjacent to an activating group) is 1. The van der Waals surface area contributed by atoms with Crippen molar-refractivity contribution in [3.05, 3.63) is 23.2 Å². The van der Waals surface area contributed by atoms with Crippen molar-refractivity contribution >= 4 is 0 Å². The number of nitrogens with zero attached hydrogens (tertiary/aromatic N) is 2. The molecular formula is C16H27N3O. The summed E-state index contributed by atoms with van der Waals surface area (Å²) in [6.45, 7) is 12.2. The van der Waals surface area contributed by atoms with E-state index in [0.29, 0.717) is 0 Å². The summed E-state index contributed by atoms with van der Waals surface area (Å²) in [5.41, 5.74) is 1.36. The van der Waals surface area contributed by atoms with E-state index in [1.807, 2.05) is 0 Å². The molecule has 0 aromatic carbocycles. The lowest BCUT2D eigenvalue weighted by atomic mass is 10.2. The second-order valence-corrected chi connectivity index (χ2v) is 6.16. The Balaban J connectivity index is 1.51. The van der Waals surface area contributed by atoms with Crippen molar-refractivity contribution in [2.45, 2.75) is 45.8 Å². The van der Waals surface area contributed by atoms with Gasteiger partial charge in [-0.2, -0.15) is 0 Å². The van der Waals surface area contributed by atoms with Crippen molar-refractivity contribution in [1.29, 1.82) is 0 Å². The van der Waals surface area contributed by atoms with Gasteiger partial charge in [-0.15, -0.1) is 0 Å². The van der Waals surface area contributed by atoms with Gasteiger partial charge in [-0.3, -0.25) is 4.90 Å². The van der Waals surface area contributed by atoms with Crippen LogP contribution in [0.1, 0.15) is 36.8 Å². The van der Waals surface area contributed by atoms with Gasteiger partial charge in [0.05, 0.1) is 6.54 Å². The molecular weight excluding hydrogens is 250 g/mol. The van der Waals surface area contributed by atoms with Crippen LogP contribution in [0.25, 0.3) is 0 Å². The zero-order chi connectivity index (χ0) is 13.9. The minimum Gasteiger partial charge on any atom is -0.465 e. The van der Waals surface area contributed by atoms with Crippen molar-refractivity contribution in [2.75, 3.05) is 32.7 Å². The van der Waals surface area contributed by atoms with Gasteiger partial charge in [0.15, 0.2) is 0 Å². The average Bonchev–Trinajstić information content (AvgIpc) is 3.23. The first kappa shape index (κ1) is 14.1. The maximum atomic E-state index is 5.88. The van der Waals surface area contributed by atoms with Gasteiger partial charge in [0, 0.05) is 44.3 Å². The van der Waals surface area contributed by atoms with Gasteiger partial charge < -0.3 is 14.6 Å². The molecule has 1 saturated heterocycles. The topological polar surface area (TPSA) is 31.6 Å². The first-order chi connectivity index (χ1) is 9.74. The van der Waals surface area contributed by atoms with Gasteiger partial charge in [0.2, 0.25) is 0 Å². The van der Waals surface area contributed by atoms with Crippen LogP contribution < -0.4 is 5.32 Å². The molecule has 20 heavy (non-hydrogen) atoms. The molecule has 1 N–H and O–H groups in total. The highest BCUT2D eigenvalue weighted by atomic mass is 16.3. The third kappa shape index (κ3) is 3.62. The molecule has 1 aliphatic heterocycles. The molecule has 1 aliphatic carbocycles. The van der Waals surface area contributed by atoms with Crippen LogP contribution in [0.3, 0.4) is 0 Å². The molecule has 112 valence electrons. The molecule has 0 radical (unpaired) electrons. The molecule has 2 fully saturated rings. The average molecular weight is 277 g/mol. The molecule has 4 heteroatoms. The van der Waals surface area contributed by atoms with E-state index in [4.69, 9.17) is 4.42 Å². The molecule has 0 bridgehead atoms. The molecule has 1 saturated carbocycles. The summed E-state index contributed by atoms with van der Waals surface area (Å²) in [6, 6.07) is 2.99. The molecule has 2 heterocycles. The van der Waals surface area contributed by atoms with E-state index in [9.17, 15) is 0 Å². The summed E-state index contributed by atoms with van der Waals surface area (Å²) in [7, 11) is 0. The van der Waals surface area contributed by atoms with Crippen molar-refractivity contribution in [1.82, 2.24) is 15.1 Å². The van der Waals surface area contributed by atoms with Gasteiger partial charge in [0.1, 0.15) is 11.5 Å². The summed E-state index contributed by atoms with van der Waals surface area (Å²) in [6.07, 6.45) is 2.66. The largest absolute Gasteiger partial charge is 0.465 e. The Kier molecular flexibility index (Phi) is 4.44. The number of hydrogen-bond acceptors (Lipinski definition) is 4. The van der Waals surface area contributed by atoms with Crippen molar-refractivity contribution in [3.63, 3.8) is 0 Å². The van der Waals surface area contributed by atoms with E-state index in [-0.39, 0.29) is 0 Å². The summed E-state index contributed by atoms with van der Waals surface area (Å²) >= 11 is 0. The fourth-order valence-electron chi connectivity index (χ4n) is 2.87. The van der Waals surface area contributed by atoms with Crippen molar-refractivity contribution < 1.29 is 4.42 Å². The molecule has 2 aliphatic rings. The van der Waals surface area contributed by atoms with E-state index in [2.05, 4.69) is 35.0 Å². The van der Waals surface area contributed by atoms with Crippen LogP contribution in [0.15, 0.2) is 10.5 Å². The number of rotatable bonds is 6. The SMILES string of the molecule is CCN1CCN(Cc2cc(CNC3CC3)oc2C)CC1. The smallest absolute Gasteiger partial charge is 0.118 e. The van der Waals surface area contributed by atoms with Crippen LogP contribution in [0.2, 0.25) is 0 Å². The van der Waals surface area contributed by atoms with Crippen LogP contribution in [-0.4, -0.2) is 48.6 Å². The zero-order valence-electron chi connectivity index (χ0n) is 12.8. The molecule has 3 rings (SSSR count). The predicted octanol–water partition coefficient (Wildman–Crippen LogP) is 1.98. The Labute approximate surface area is 122 Å². The van der Waals surface area contributed by atoms with E-state index in [0.717, 1.165) is 30.7 Å². The Morgan fingerprint density at radius 3 is 2.55 bits per heavy atom. The van der Waals surface area contributed by atoms with Crippen LogP contribution >= 0.6 is 0 Å². The summed E-state index contributed by atoms with van der Waals surface area (Å²) in [5, 5.41) is 3.52. The van der Waals surface area contributed by atoms with Gasteiger partial charge in [0.25, 0.3) is 0 Å². The normalized spacial score (nSPS) is 21.5. The number of furan rings is 1. The first-order valence-electron chi connectivity index (χ1n) is 8.01. The number of piperazine rings is 1. The van der Waals surface area contributed by atoms with E-state index in [1.165, 1.54) is 51.1 Å². The van der Waals surface area contributed by atoms with Crippen molar-refractivity contribution in [2.24, 2.45) is 0 Å². The Morgan fingerprint density at radius 1 is 1.20 bits per heavy atom. The molecule has 0 atom stereocenters. The highest BCUT2D eigenvalue weighted by Crippen LogP contribution is 2.21. The highest BCUT2D eigenvalue weighted by molar-refractivity contribution is 5.21. The monoisotopic (exact) mass is 277 g/mol. The van der Waals surface area contributed by atoms with Crippen LogP contribution in [0, 0.1) is 6.92 Å². The number of hydrogen-bond donors (Lipinski definition) is 1. The standard InChI is InChI=1S/C16H27N3O/c1-3-18-6-8-19(9-7-18)12-14-10-16(20-13(14)2)11-17-15-4-5-15/h10,15,17H,3-9,11-12H2,1-2H3. The third-order valence-corrected chi connectivity index (χ3v) is 4.52. The van der Waals surface area contributed by atoms with Crippen LogP contribution in [-0.2, 0) is 13.1 Å². The molecule has 4 nitrogen and oxygen atoms in total. The van der Waals surface area contributed by atoms with E-state index >= 15 is 0 Å². The lowest BCUT2D eigenvalue weighted by Crippen LogP contribution is -2.45. The van der Waals surface area contributed by atoms with Gasteiger partial charge in [-0.1, -0.05) is 6.92 Å². The van der Waals surface area contributed by atoms with Crippen molar-refractivity contribution in [3.8, 4) is 0 Å². The summed E-state index contributed by atoms with van der Waals surface area (Å²) in [5.74, 6) is 2.19. The minimum atomic E-state index is 0.742. The van der Waals surface area contributed by atoms with E-state index < -0.39 is 0 Å². The quantitative estimate of drug-likeness (QED) is 0.861. The van der Waals surface area contributed by atoms with E-state index in [1.54, 1.807) is 0 Å². The number of nitrogens with one attached hydrogen (secondary N) is 1. The molecule has 1 aromatic heterocycles. The number of aryl methyl sites for hydroxylation is 1. The molecule has 0 unspecified atom stereocenters. The maximum absolute atomic E-state index is 5.88. The second-order valence-electron chi connectivity index (χ2n) is 6.16. The van der Waals surface area contributed by atoms with Gasteiger partial charge in [-0.25, -0.2) is 0 Å².